The van der Waals surface area contributed by atoms with Gasteiger partial charge in [-0.25, -0.2) is 4.98 Å². The minimum atomic E-state index is -0.137. The number of carbonyl (C=O) groups is 1. The zero-order valence-electron chi connectivity index (χ0n) is 17.4. The van der Waals surface area contributed by atoms with E-state index in [-0.39, 0.29) is 17.8 Å². The van der Waals surface area contributed by atoms with Crippen molar-refractivity contribution in [1.29, 1.82) is 0 Å². The van der Waals surface area contributed by atoms with Gasteiger partial charge in [-0.1, -0.05) is 23.7 Å². The Labute approximate surface area is 189 Å². The number of amides is 1. The van der Waals surface area contributed by atoms with Crippen molar-refractivity contribution in [3.63, 3.8) is 0 Å². The van der Waals surface area contributed by atoms with Gasteiger partial charge >= 0.3 is 0 Å². The maximum Gasteiger partial charge on any atom is 0.272 e. The molecule has 9 heteroatoms. The molecule has 0 fully saturated rings. The maximum absolute atomic E-state index is 12.6. The van der Waals surface area contributed by atoms with E-state index in [1.165, 1.54) is 0 Å². The number of nitrogens with one attached hydrogen (secondary N) is 1. The molecule has 2 aromatic carbocycles. The van der Waals surface area contributed by atoms with Crippen LogP contribution in [0.5, 0.6) is 5.75 Å². The summed E-state index contributed by atoms with van der Waals surface area (Å²) in [6, 6.07) is 15.0. The molecule has 4 aromatic rings. The van der Waals surface area contributed by atoms with Crippen LogP contribution in [0.25, 0.3) is 17.2 Å². The molecule has 1 atom stereocenters. The highest BCUT2D eigenvalue weighted by Gasteiger charge is 2.33. The molecule has 1 N–H and O–H groups in total. The third kappa shape index (κ3) is 3.58. The van der Waals surface area contributed by atoms with E-state index >= 15 is 0 Å². The highest BCUT2D eigenvalue weighted by Crippen LogP contribution is 2.40. The Morgan fingerprint density at radius 1 is 1.12 bits per heavy atom. The predicted octanol–water partition coefficient (Wildman–Crippen LogP) is 4.17. The number of anilines is 1. The predicted molar refractivity (Wildman–Crippen MR) is 120 cm³/mol. The van der Waals surface area contributed by atoms with Crippen molar-refractivity contribution in [2.24, 2.45) is 0 Å². The summed E-state index contributed by atoms with van der Waals surface area (Å²) in [7, 11) is 1.62. The first-order chi connectivity index (χ1) is 15.5. The first-order valence-corrected chi connectivity index (χ1v) is 10.4. The summed E-state index contributed by atoms with van der Waals surface area (Å²) >= 11 is 6.05. The van der Waals surface area contributed by atoms with Crippen molar-refractivity contribution >= 4 is 23.3 Å². The van der Waals surface area contributed by atoms with Gasteiger partial charge in [0.25, 0.3) is 5.95 Å². The fourth-order valence-electron chi connectivity index (χ4n) is 3.96. The monoisotopic (exact) mass is 446 g/mol. The SMILES string of the molecule is COc1ccc(-c2cnnc(-n3nc(C)c4c3NC(=O)C[C@@H]4c3ccc(Cl)cc3)n2)cc1. The van der Waals surface area contributed by atoms with Gasteiger partial charge in [-0.3, -0.25) is 4.79 Å². The molecule has 0 saturated carbocycles. The van der Waals surface area contributed by atoms with E-state index in [2.05, 4.69) is 25.6 Å². The van der Waals surface area contributed by atoms with Crippen LogP contribution < -0.4 is 10.1 Å². The molecular weight excluding hydrogens is 428 g/mol. The van der Waals surface area contributed by atoms with Crippen LogP contribution in [0.1, 0.15) is 29.2 Å². The minimum Gasteiger partial charge on any atom is -0.497 e. The first kappa shape index (κ1) is 20.1. The highest BCUT2D eigenvalue weighted by molar-refractivity contribution is 6.30. The van der Waals surface area contributed by atoms with E-state index < -0.39 is 0 Å². The van der Waals surface area contributed by atoms with Crippen molar-refractivity contribution in [2.75, 3.05) is 12.4 Å². The number of aryl methyl sites for hydroxylation is 1. The molecule has 1 aliphatic rings. The lowest BCUT2D eigenvalue weighted by atomic mass is 9.86. The second-order valence-electron chi connectivity index (χ2n) is 7.49. The van der Waals surface area contributed by atoms with Gasteiger partial charge in [0.1, 0.15) is 11.6 Å². The molecule has 3 heterocycles. The molecular formula is C23H19ClN6O2. The van der Waals surface area contributed by atoms with Crippen molar-refractivity contribution < 1.29 is 9.53 Å². The summed E-state index contributed by atoms with van der Waals surface area (Å²) in [5.41, 5.74) is 4.22. The van der Waals surface area contributed by atoms with Gasteiger partial charge in [-0.15, -0.1) is 5.10 Å². The fourth-order valence-corrected chi connectivity index (χ4v) is 4.08. The lowest BCUT2D eigenvalue weighted by Gasteiger charge is -2.24. The normalized spacial score (nSPS) is 15.2. The van der Waals surface area contributed by atoms with Gasteiger partial charge in [-0.05, 0) is 48.9 Å². The molecule has 0 spiro atoms. The molecule has 0 unspecified atom stereocenters. The van der Waals surface area contributed by atoms with E-state index in [9.17, 15) is 4.79 Å². The fraction of sp³-hybridized carbons (Fsp3) is 0.174. The molecule has 1 amide bonds. The average molecular weight is 447 g/mol. The lowest BCUT2D eigenvalue weighted by Crippen LogP contribution is -2.25. The summed E-state index contributed by atoms with van der Waals surface area (Å²) in [5.74, 6) is 1.36. The Bertz CT molecular complexity index is 1300. The summed E-state index contributed by atoms with van der Waals surface area (Å²) in [6.45, 7) is 1.91. The van der Waals surface area contributed by atoms with Crippen LogP contribution in [0.4, 0.5) is 5.82 Å². The van der Waals surface area contributed by atoms with Crippen LogP contribution in [0.2, 0.25) is 5.02 Å². The number of fused-ring (bicyclic) bond motifs is 1. The Balaban J connectivity index is 1.58. The number of aromatic nitrogens is 5. The Morgan fingerprint density at radius 2 is 1.88 bits per heavy atom. The molecule has 32 heavy (non-hydrogen) atoms. The van der Waals surface area contributed by atoms with Crippen LogP contribution in [-0.2, 0) is 4.79 Å². The second-order valence-corrected chi connectivity index (χ2v) is 7.92. The number of halogens is 1. The van der Waals surface area contributed by atoms with Crippen molar-refractivity contribution in [2.45, 2.75) is 19.3 Å². The van der Waals surface area contributed by atoms with Gasteiger partial charge < -0.3 is 10.1 Å². The third-order valence-electron chi connectivity index (χ3n) is 5.50. The third-order valence-corrected chi connectivity index (χ3v) is 5.75. The van der Waals surface area contributed by atoms with Gasteiger partial charge in [0.15, 0.2) is 0 Å². The number of methoxy groups -OCH3 is 1. The van der Waals surface area contributed by atoms with Crippen LogP contribution in [0.15, 0.2) is 54.7 Å². The first-order valence-electron chi connectivity index (χ1n) is 10.0. The molecule has 8 nitrogen and oxygen atoms in total. The van der Waals surface area contributed by atoms with Crippen molar-refractivity contribution in [3.05, 3.63) is 76.6 Å². The Morgan fingerprint density at radius 3 is 2.59 bits per heavy atom. The summed E-state index contributed by atoms with van der Waals surface area (Å²) in [5, 5.41) is 16.5. The second kappa shape index (κ2) is 8.05. The number of rotatable bonds is 4. The van der Waals surface area contributed by atoms with E-state index in [0.717, 1.165) is 28.1 Å². The molecule has 0 bridgehead atoms. The smallest absolute Gasteiger partial charge is 0.272 e. The van der Waals surface area contributed by atoms with Gasteiger partial charge in [-0.2, -0.15) is 14.9 Å². The minimum absolute atomic E-state index is 0.0992. The quantitative estimate of drug-likeness (QED) is 0.505. The zero-order valence-corrected chi connectivity index (χ0v) is 18.2. The van der Waals surface area contributed by atoms with Crippen LogP contribution in [0, 0.1) is 6.92 Å². The standard InChI is InChI=1S/C23H19ClN6O2/c1-13-21-18(14-3-7-16(24)8-4-14)11-20(31)27-22(21)30(29-13)23-26-19(12-25-28-23)15-5-9-17(32-2)10-6-15/h3-10,12,18H,11H2,1-2H3,(H,27,31)/t18-/m1/s1. The molecule has 2 aromatic heterocycles. The zero-order chi connectivity index (χ0) is 22.2. The molecule has 0 radical (unpaired) electrons. The summed E-state index contributed by atoms with van der Waals surface area (Å²) in [4.78, 5) is 17.2. The highest BCUT2D eigenvalue weighted by atomic mass is 35.5. The van der Waals surface area contributed by atoms with Crippen LogP contribution in [-0.4, -0.2) is 38.0 Å². The number of benzene rings is 2. The van der Waals surface area contributed by atoms with Crippen LogP contribution in [0.3, 0.4) is 0 Å². The number of nitrogens with zero attached hydrogens (tertiary/aromatic N) is 5. The van der Waals surface area contributed by atoms with Crippen molar-refractivity contribution in [3.8, 4) is 23.0 Å². The topological polar surface area (TPSA) is 94.8 Å². The Kier molecular flexibility index (Phi) is 5.07. The van der Waals surface area contributed by atoms with E-state index in [4.69, 9.17) is 16.3 Å². The number of hydrogen-bond acceptors (Lipinski definition) is 6. The van der Waals surface area contributed by atoms with Gasteiger partial charge in [0.05, 0.1) is 24.7 Å². The van der Waals surface area contributed by atoms with Gasteiger partial charge in [0.2, 0.25) is 5.91 Å². The van der Waals surface area contributed by atoms with E-state index in [1.54, 1.807) is 18.0 Å². The number of ether oxygens (including phenoxy) is 1. The molecule has 5 rings (SSSR count). The Hall–Kier alpha value is -3.78. The maximum atomic E-state index is 12.6. The molecule has 0 saturated heterocycles. The summed E-state index contributed by atoms with van der Waals surface area (Å²) < 4.78 is 6.76. The van der Waals surface area contributed by atoms with E-state index in [0.29, 0.717) is 23.0 Å². The van der Waals surface area contributed by atoms with E-state index in [1.807, 2.05) is 55.5 Å². The average Bonchev–Trinajstić information content (AvgIpc) is 3.15. The molecule has 0 aliphatic carbocycles. The largest absolute Gasteiger partial charge is 0.497 e. The molecule has 160 valence electrons. The van der Waals surface area contributed by atoms with Crippen LogP contribution >= 0.6 is 11.6 Å². The van der Waals surface area contributed by atoms with Crippen molar-refractivity contribution in [1.82, 2.24) is 25.0 Å². The lowest BCUT2D eigenvalue weighted by molar-refractivity contribution is -0.116. The number of carbonyl (C=O) groups excluding carboxylic acids is 1. The number of hydrogen-bond donors (Lipinski definition) is 1. The molecule has 1 aliphatic heterocycles. The van der Waals surface area contributed by atoms with Gasteiger partial charge in [0, 0.05) is 28.5 Å². The summed E-state index contributed by atoms with van der Waals surface area (Å²) in [6.07, 6.45) is 1.91.